The van der Waals surface area contributed by atoms with Crippen LogP contribution in [0.1, 0.15) is 25.8 Å². The first-order valence-electron chi connectivity index (χ1n) is 9.24. The van der Waals surface area contributed by atoms with E-state index in [4.69, 9.17) is 0 Å². The van der Waals surface area contributed by atoms with Crippen molar-refractivity contribution in [3.05, 3.63) is 23.9 Å². The van der Waals surface area contributed by atoms with Gasteiger partial charge in [-0.1, -0.05) is 13.8 Å². The molecule has 0 spiro atoms. The van der Waals surface area contributed by atoms with Gasteiger partial charge in [0.1, 0.15) is 5.82 Å². The van der Waals surface area contributed by atoms with Crippen molar-refractivity contribution < 1.29 is 18.0 Å². The molecule has 0 aromatic carbocycles. The fraction of sp³-hybridized carbons (Fsp3) is 0.611. The Kier molecular flexibility index (Phi) is 7.47. The molecule has 1 aromatic rings. The number of hydrogen-bond donors (Lipinski definition) is 3. The molecule has 10 heteroatoms. The number of likely N-dealkylation sites (tertiary alicyclic amines) is 1. The van der Waals surface area contributed by atoms with Gasteiger partial charge >= 0.3 is 6.18 Å². The Hall–Kier alpha value is -2.52. The van der Waals surface area contributed by atoms with Gasteiger partial charge in [0, 0.05) is 51.4 Å². The molecule has 3 N–H and O–H groups in total. The number of pyridine rings is 1. The molecule has 1 unspecified atom stereocenters. The van der Waals surface area contributed by atoms with Crippen LogP contribution >= 0.6 is 0 Å². The Morgan fingerprint density at radius 2 is 2.14 bits per heavy atom. The zero-order valence-electron chi connectivity index (χ0n) is 16.3. The van der Waals surface area contributed by atoms with E-state index in [0.29, 0.717) is 25.6 Å². The number of amides is 1. The number of nitrogens with one attached hydrogen (secondary N) is 3. The van der Waals surface area contributed by atoms with Crippen LogP contribution in [0.2, 0.25) is 0 Å². The largest absolute Gasteiger partial charge is 0.419 e. The standard InChI is InChI=1S/C18H27F3N6O/c1-12(2)16(28)27-10-6-13(11-27)26-17(22-3)25-9-8-24-15-14(18(19,20)21)5-4-7-23-15/h4-5,7,12-13H,6,8-11H2,1-3H3,(H,23,24)(H2,22,25,26). The van der Waals surface area contributed by atoms with E-state index < -0.39 is 11.7 Å². The number of anilines is 1. The molecule has 1 saturated heterocycles. The highest BCUT2D eigenvalue weighted by molar-refractivity contribution is 5.81. The van der Waals surface area contributed by atoms with Crippen molar-refractivity contribution in [3.8, 4) is 0 Å². The van der Waals surface area contributed by atoms with Crippen LogP contribution in [0.5, 0.6) is 0 Å². The van der Waals surface area contributed by atoms with E-state index in [-0.39, 0.29) is 30.2 Å². The molecule has 7 nitrogen and oxygen atoms in total. The van der Waals surface area contributed by atoms with Crippen LogP contribution in [-0.4, -0.2) is 61.0 Å². The number of aromatic nitrogens is 1. The molecule has 2 rings (SSSR count). The predicted molar refractivity (Wildman–Crippen MR) is 102 cm³/mol. The fourth-order valence-electron chi connectivity index (χ4n) is 2.97. The Morgan fingerprint density at radius 3 is 2.79 bits per heavy atom. The maximum absolute atomic E-state index is 13.0. The number of carbonyl (C=O) groups is 1. The SMILES string of the molecule is CN=C(NCCNc1ncccc1C(F)(F)F)NC1CCN(C(=O)C(C)C)C1. The van der Waals surface area contributed by atoms with E-state index in [1.165, 1.54) is 12.3 Å². The highest BCUT2D eigenvalue weighted by atomic mass is 19.4. The van der Waals surface area contributed by atoms with Gasteiger partial charge < -0.3 is 20.9 Å². The zero-order chi connectivity index (χ0) is 20.7. The lowest BCUT2D eigenvalue weighted by Crippen LogP contribution is -2.46. The van der Waals surface area contributed by atoms with Crippen molar-refractivity contribution in [1.82, 2.24) is 20.5 Å². The maximum Gasteiger partial charge on any atom is 0.419 e. The number of halogens is 3. The number of nitrogens with zero attached hydrogens (tertiary/aromatic N) is 3. The van der Waals surface area contributed by atoms with E-state index in [1.807, 2.05) is 18.7 Å². The third-order valence-corrected chi connectivity index (χ3v) is 4.38. The Balaban J connectivity index is 1.78. The van der Waals surface area contributed by atoms with Crippen LogP contribution in [0.4, 0.5) is 19.0 Å². The molecule has 1 atom stereocenters. The van der Waals surface area contributed by atoms with E-state index >= 15 is 0 Å². The summed E-state index contributed by atoms with van der Waals surface area (Å²) in [6.07, 6.45) is -2.32. The molecule has 1 aliphatic rings. The number of carbonyl (C=O) groups excluding carboxylic acids is 1. The summed E-state index contributed by atoms with van der Waals surface area (Å²) in [4.78, 5) is 21.8. The van der Waals surface area contributed by atoms with E-state index in [1.54, 1.807) is 7.05 Å². The van der Waals surface area contributed by atoms with Crippen LogP contribution in [0.25, 0.3) is 0 Å². The Bertz CT molecular complexity index is 692. The molecular formula is C18H27F3N6O. The fourth-order valence-corrected chi connectivity index (χ4v) is 2.97. The highest BCUT2D eigenvalue weighted by Gasteiger charge is 2.34. The molecular weight excluding hydrogens is 373 g/mol. The lowest BCUT2D eigenvalue weighted by Gasteiger charge is -2.20. The van der Waals surface area contributed by atoms with Crippen molar-refractivity contribution in [3.63, 3.8) is 0 Å². The van der Waals surface area contributed by atoms with Crippen LogP contribution < -0.4 is 16.0 Å². The second-order valence-electron chi connectivity index (χ2n) is 6.89. The summed E-state index contributed by atoms with van der Waals surface area (Å²) < 4.78 is 38.9. The molecule has 1 amide bonds. The first-order chi connectivity index (χ1) is 13.2. The molecule has 0 saturated carbocycles. The van der Waals surface area contributed by atoms with Crippen LogP contribution in [0.3, 0.4) is 0 Å². The molecule has 1 fully saturated rings. The third-order valence-electron chi connectivity index (χ3n) is 4.38. The Morgan fingerprint density at radius 1 is 1.39 bits per heavy atom. The van der Waals surface area contributed by atoms with Crippen LogP contribution in [0, 0.1) is 5.92 Å². The normalized spacial score (nSPS) is 17.8. The van der Waals surface area contributed by atoms with Gasteiger partial charge in [-0.25, -0.2) is 4.98 Å². The van der Waals surface area contributed by atoms with Gasteiger partial charge in [-0.15, -0.1) is 0 Å². The lowest BCUT2D eigenvalue weighted by molar-refractivity contribution is -0.137. The van der Waals surface area contributed by atoms with E-state index in [9.17, 15) is 18.0 Å². The highest BCUT2D eigenvalue weighted by Crippen LogP contribution is 2.33. The summed E-state index contributed by atoms with van der Waals surface area (Å²) in [5.74, 6) is 0.448. The van der Waals surface area contributed by atoms with Gasteiger partial charge in [-0.05, 0) is 18.6 Å². The molecule has 2 heterocycles. The summed E-state index contributed by atoms with van der Waals surface area (Å²) >= 11 is 0. The summed E-state index contributed by atoms with van der Waals surface area (Å²) in [7, 11) is 1.62. The Labute approximate surface area is 162 Å². The molecule has 0 radical (unpaired) electrons. The van der Waals surface area contributed by atoms with Gasteiger partial charge in [0.05, 0.1) is 5.56 Å². The number of hydrogen-bond acceptors (Lipinski definition) is 4. The van der Waals surface area contributed by atoms with Gasteiger partial charge in [-0.2, -0.15) is 13.2 Å². The molecule has 1 aliphatic heterocycles. The maximum atomic E-state index is 13.0. The third kappa shape index (κ3) is 6.00. The number of rotatable bonds is 6. The molecule has 0 bridgehead atoms. The summed E-state index contributed by atoms with van der Waals surface area (Å²) in [6, 6.07) is 2.34. The van der Waals surface area contributed by atoms with E-state index in [0.717, 1.165) is 12.5 Å². The molecule has 1 aromatic heterocycles. The number of aliphatic imine (C=N–C) groups is 1. The molecule has 0 aliphatic carbocycles. The first kappa shape index (κ1) is 21.8. The van der Waals surface area contributed by atoms with Crippen LogP contribution in [0.15, 0.2) is 23.3 Å². The van der Waals surface area contributed by atoms with Crippen molar-refractivity contribution in [2.75, 3.05) is 38.5 Å². The van der Waals surface area contributed by atoms with Gasteiger partial charge in [0.25, 0.3) is 0 Å². The zero-order valence-corrected chi connectivity index (χ0v) is 16.3. The molecule has 28 heavy (non-hydrogen) atoms. The smallest absolute Gasteiger partial charge is 0.368 e. The topological polar surface area (TPSA) is 81.7 Å². The van der Waals surface area contributed by atoms with Crippen molar-refractivity contribution in [2.24, 2.45) is 10.9 Å². The first-order valence-corrected chi connectivity index (χ1v) is 9.24. The summed E-state index contributed by atoms with van der Waals surface area (Å²) in [5.41, 5.74) is -0.793. The predicted octanol–water partition coefficient (Wildman–Crippen LogP) is 1.93. The summed E-state index contributed by atoms with van der Waals surface area (Å²) in [6.45, 7) is 5.66. The number of guanidine groups is 1. The average Bonchev–Trinajstić information content (AvgIpc) is 3.11. The van der Waals surface area contributed by atoms with Crippen molar-refractivity contribution >= 4 is 17.7 Å². The number of alkyl halides is 3. The monoisotopic (exact) mass is 400 g/mol. The van der Waals surface area contributed by atoms with Crippen molar-refractivity contribution in [2.45, 2.75) is 32.5 Å². The van der Waals surface area contributed by atoms with Gasteiger partial charge in [-0.3, -0.25) is 9.79 Å². The van der Waals surface area contributed by atoms with Gasteiger partial charge in [0.15, 0.2) is 5.96 Å². The van der Waals surface area contributed by atoms with Crippen molar-refractivity contribution in [1.29, 1.82) is 0 Å². The second kappa shape index (κ2) is 9.61. The lowest BCUT2D eigenvalue weighted by atomic mass is 10.2. The quantitative estimate of drug-likeness (QED) is 0.386. The second-order valence-corrected chi connectivity index (χ2v) is 6.89. The minimum atomic E-state index is -4.45. The minimum Gasteiger partial charge on any atom is -0.368 e. The average molecular weight is 400 g/mol. The van der Waals surface area contributed by atoms with E-state index in [2.05, 4.69) is 25.9 Å². The molecule has 156 valence electrons. The minimum absolute atomic E-state index is 0.0320. The van der Waals surface area contributed by atoms with Gasteiger partial charge in [0.2, 0.25) is 5.91 Å². The summed E-state index contributed by atoms with van der Waals surface area (Å²) in [5, 5.41) is 9.00. The van der Waals surface area contributed by atoms with Crippen LogP contribution in [-0.2, 0) is 11.0 Å².